The normalized spacial score (nSPS) is 16.7. The summed E-state index contributed by atoms with van der Waals surface area (Å²) in [7, 11) is 1.44. The first-order valence-electron chi connectivity index (χ1n) is 11.8. The Morgan fingerprint density at radius 3 is 2.39 bits per heavy atom. The van der Waals surface area contributed by atoms with Gasteiger partial charge in [-0.15, -0.1) is 0 Å². The van der Waals surface area contributed by atoms with Gasteiger partial charge in [0, 0.05) is 6.42 Å². The summed E-state index contributed by atoms with van der Waals surface area (Å²) in [6, 6.07) is 17.6. The van der Waals surface area contributed by atoms with Crippen LogP contribution in [0.25, 0.3) is 5.57 Å². The van der Waals surface area contributed by atoms with Crippen LogP contribution in [0.1, 0.15) is 80.4 Å². The zero-order chi connectivity index (χ0) is 21.5. The number of aryl methyl sites for hydroxylation is 1. The molecule has 0 bridgehead atoms. The van der Waals surface area contributed by atoms with E-state index in [4.69, 9.17) is 9.47 Å². The lowest BCUT2D eigenvalue weighted by Crippen LogP contribution is -2.04. The minimum absolute atomic E-state index is 0.144. The van der Waals surface area contributed by atoms with E-state index >= 15 is 0 Å². The number of rotatable bonds is 9. The van der Waals surface area contributed by atoms with Crippen molar-refractivity contribution in [2.24, 2.45) is 0 Å². The van der Waals surface area contributed by atoms with Crippen molar-refractivity contribution in [2.75, 3.05) is 13.7 Å². The fourth-order valence-electron chi connectivity index (χ4n) is 4.49. The van der Waals surface area contributed by atoms with Gasteiger partial charge in [0.05, 0.1) is 7.11 Å². The molecule has 3 nitrogen and oxygen atoms in total. The van der Waals surface area contributed by atoms with Crippen molar-refractivity contribution >= 4 is 11.5 Å². The van der Waals surface area contributed by atoms with Gasteiger partial charge in [-0.05, 0) is 97.3 Å². The molecule has 0 radical (unpaired) electrons. The number of ether oxygens (including phenoxy) is 2. The van der Waals surface area contributed by atoms with E-state index in [1.54, 1.807) is 0 Å². The van der Waals surface area contributed by atoms with Crippen molar-refractivity contribution in [3.63, 3.8) is 0 Å². The lowest BCUT2D eigenvalue weighted by atomic mass is 9.95. The van der Waals surface area contributed by atoms with Crippen LogP contribution in [0.3, 0.4) is 0 Å². The maximum Gasteiger partial charge on any atom is 0.305 e. The van der Waals surface area contributed by atoms with Gasteiger partial charge in [0.15, 0.2) is 0 Å². The topological polar surface area (TPSA) is 35.5 Å². The number of carbonyl (C=O) groups excluding carboxylic acids is 1. The van der Waals surface area contributed by atoms with E-state index in [-0.39, 0.29) is 5.97 Å². The first kappa shape index (κ1) is 21.7. The number of carbonyl (C=O) groups is 1. The molecule has 0 heterocycles. The van der Waals surface area contributed by atoms with Crippen molar-refractivity contribution in [3.05, 3.63) is 70.8 Å². The molecule has 1 fully saturated rings. The summed E-state index contributed by atoms with van der Waals surface area (Å²) in [4.78, 5) is 11.2. The molecule has 2 aliphatic rings. The summed E-state index contributed by atoms with van der Waals surface area (Å²) >= 11 is 0. The lowest BCUT2D eigenvalue weighted by Gasteiger charge is -2.15. The van der Waals surface area contributed by atoms with E-state index in [0.717, 1.165) is 37.4 Å². The summed E-state index contributed by atoms with van der Waals surface area (Å²) < 4.78 is 10.9. The molecular weight excluding hydrogens is 384 g/mol. The van der Waals surface area contributed by atoms with Gasteiger partial charge < -0.3 is 9.47 Å². The molecule has 0 aromatic heterocycles. The van der Waals surface area contributed by atoms with Crippen molar-refractivity contribution in [1.82, 2.24) is 0 Å². The quantitative estimate of drug-likeness (QED) is 0.417. The molecule has 0 unspecified atom stereocenters. The molecule has 164 valence electrons. The minimum Gasteiger partial charge on any atom is -0.489 e. The summed E-state index contributed by atoms with van der Waals surface area (Å²) in [5.41, 5.74) is 7.06. The van der Waals surface area contributed by atoms with Gasteiger partial charge in [-0.2, -0.15) is 0 Å². The van der Waals surface area contributed by atoms with Crippen LogP contribution in [-0.4, -0.2) is 19.7 Å². The molecule has 0 aliphatic heterocycles. The van der Waals surface area contributed by atoms with Crippen LogP contribution in [-0.2, 0) is 16.0 Å². The van der Waals surface area contributed by atoms with Gasteiger partial charge in [0.1, 0.15) is 12.4 Å². The SMILES string of the molecule is COC(=O)CCCc1ccc(OCC2=C(c3ccc(C4CC4)cc3)CCCCC2)cc1. The molecule has 3 heteroatoms. The van der Waals surface area contributed by atoms with Gasteiger partial charge in [-0.1, -0.05) is 42.8 Å². The monoisotopic (exact) mass is 418 g/mol. The highest BCUT2D eigenvalue weighted by molar-refractivity contribution is 5.70. The molecule has 0 N–H and O–H groups in total. The molecule has 2 aromatic carbocycles. The number of allylic oxidation sites excluding steroid dienone is 1. The number of benzene rings is 2. The zero-order valence-electron chi connectivity index (χ0n) is 18.7. The Kier molecular flexibility index (Phi) is 7.45. The summed E-state index contributed by atoms with van der Waals surface area (Å²) in [6.07, 6.45) is 11.0. The van der Waals surface area contributed by atoms with E-state index in [0.29, 0.717) is 13.0 Å². The fourth-order valence-corrected chi connectivity index (χ4v) is 4.49. The highest BCUT2D eigenvalue weighted by atomic mass is 16.5. The van der Waals surface area contributed by atoms with Gasteiger partial charge >= 0.3 is 5.97 Å². The molecule has 1 saturated carbocycles. The van der Waals surface area contributed by atoms with Crippen LogP contribution >= 0.6 is 0 Å². The maximum absolute atomic E-state index is 11.2. The van der Waals surface area contributed by atoms with Crippen LogP contribution in [0, 0.1) is 0 Å². The van der Waals surface area contributed by atoms with Crippen molar-refractivity contribution in [2.45, 2.75) is 70.1 Å². The molecule has 31 heavy (non-hydrogen) atoms. The molecule has 0 saturated heterocycles. The molecule has 2 aliphatic carbocycles. The van der Waals surface area contributed by atoms with E-state index in [9.17, 15) is 4.79 Å². The number of hydrogen-bond donors (Lipinski definition) is 0. The highest BCUT2D eigenvalue weighted by Gasteiger charge is 2.23. The van der Waals surface area contributed by atoms with Gasteiger partial charge in [0.25, 0.3) is 0 Å². The van der Waals surface area contributed by atoms with E-state index in [1.807, 2.05) is 0 Å². The largest absolute Gasteiger partial charge is 0.489 e. The van der Waals surface area contributed by atoms with Gasteiger partial charge in [-0.3, -0.25) is 4.79 Å². The van der Waals surface area contributed by atoms with Crippen molar-refractivity contribution in [3.8, 4) is 5.75 Å². The predicted molar refractivity (Wildman–Crippen MR) is 125 cm³/mol. The fraction of sp³-hybridized carbons (Fsp3) is 0.464. The smallest absolute Gasteiger partial charge is 0.305 e. The second-order valence-electron chi connectivity index (χ2n) is 8.90. The van der Waals surface area contributed by atoms with E-state index in [1.165, 1.54) is 67.1 Å². The molecule has 0 spiro atoms. The zero-order valence-corrected chi connectivity index (χ0v) is 18.7. The lowest BCUT2D eigenvalue weighted by molar-refractivity contribution is -0.140. The standard InChI is InChI=1S/C28H34O3/c1-30-28(29)9-5-6-21-10-18-26(19-11-21)31-20-25-7-3-2-4-8-27(25)24-16-14-23(15-17-24)22-12-13-22/h10-11,14-19,22H,2-9,12-13,20H2,1H3. The van der Waals surface area contributed by atoms with Crippen LogP contribution < -0.4 is 4.74 Å². The second-order valence-corrected chi connectivity index (χ2v) is 8.90. The third-order valence-electron chi connectivity index (χ3n) is 6.55. The van der Waals surface area contributed by atoms with Gasteiger partial charge in [0.2, 0.25) is 0 Å². The average molecular weight is 419 g/mol. The van der Waals surface area contributed by atoms with Gasteiger partial charge in [-0.25, -0.2) is 0 Å². The summed E-state index contributed by atoms with van der Waals surface area (Å²) in [5, 5.41) is 0. The predicted octanol–water partition coefficient (Wildman–Crippen LogP) is 6.86. The highest BCUT2D eigenvalue weighted by Crippen LogP contribution is 2.41. The molecule has 4 rings (SSSR count). The Morgan fingerprint density at radius 2 is 1.68 bits per heavy atom. The van der Waals surface area contributed by atoms with E-state index < -0.39 is 0 Å². The first-order valence-corrected chi connectivity index (χ1v) is 11.8. The molecule has 0 amide bonds. The van der Waals surface area contributed by atoms with Crippen molar-refractivity contribution in [1.29, 1.82) is 0 Å². The third-order valence-corrected chi connectivity index (χ3v) is 6.55. The molecular formula is C28H34O3. The Hall–Kier alpha value is -2.55. The summed E-state index contributed by atoms with van der Waals surface area (Å²) in [6.45, 7) is 0.668. The average Bonchev–Trinajstić information content (AvgIpc) is 3.66. The molecule has 2 aromatic rings. The first-order chi connectivity index (χ1) is 15.2. The maximum atomic E-state index is 11.2. The number of esters is 1. The second kappa shape index (κ2) is 10.7. The van der Waals surface area contributed by atoms with Crippen LogP contribution in [0.4, 0.5) is 0 Å². The van der Waals surface area contributed by atoms with E-state index in [2.05, 4.69) is 48.5 Å². The van der Waals surface area contributed by atoms with Crippen LogP contribution in [0.15, 0.2) is 54.1 Å². The summed E-state index contributed by atoms with van der Waals surface area (Å²) in [5.74, 6) is 1.58. The minimum atomic E-state index is -0.144. The number of hydrogen-bond acceptors (Lipinski definition) is 3. The Balaban J connectivity index is 1.38. The Labute approximate surface area is 186 Å². The Bertz CT molecular complexity index is 889. The Morgan fingerprint density at radius 1 is 0.935 bits per heavy atom. The van der Waals surface area contributed by atoms with Crippen LogP contribution in [0.5, 0.6) is 5.75 Å². The third kappa shape index (κ3) is 6.22. The molecule has 0 atom stereocenters. The van der Waals surface area contributed by atoms with Crippen LogP contribution in [0.2, 0.25) is 0 Å². The number of methoxy groups -OCH3 is 1. The van der Waals surface area contributed by atoms with Crippen molar-refractivity contribution < 1.29 is 14.3 Å².